The monoisotopic (exact) mass is 347 g/mol. The van der Waals surface area contributed by atoms with Crippen LogP contribution in [-0.4, -0.2) is 46.9 Å². The summed E-state index contributed by atoms with van der Waals surface area (Å²) < 4.78 is 6.13. The van der Waals surface area contributed by atoms with E-state index in [0.717, 1.165) is 24.4 Å². The molecule has 25 heavy (non-hydrogen) atoms. The number of nitrogens with zero attached hydrogens (tertiary/aromatic N) is 1. The molecule has 0 aromatic rings. The molecular formula is C22H37NO2. The van der Waals surface area contributed by atoms with Crippen LogP contribution < -0.4 is 0 Å². The van der Waals surface area contributed by atoms with Gasteiger partial charge in [-0.2, -0.15) is 0 Å². The van der Waals surface area contributed by atoms with Crippen molar-refractivity contribution in [2.75, 3.05) is 19.8 Å². The molecule has 0 amide bonds. The van der Waals surface area contributed by atoms with Crippen molar-refractivity contribution in [3.8, 4) is 0 Å². The highest BCUT2D eigenvalue weighted by Gasteiger charge is 2.51. The summed E-state index contributed by atoms with van der Waals surface area (Å²) in [6.07, 6.45) is 12.7. The average molecular weight is 348 g/mol. The van der Waals surface area contributed by atoms with Crippen LogP contribution in [0.25, 0.3) is 0 Å². The predicted molar refractivity (Wildman–Crippen MR) is 101 cm³/mol. The Hall–Kier alpha value is -0.380. The van der Waals surface area contributed by atoms with Gasteiger partial charge in [0.15, 0.2) is 0 Å². The van der Waals surface area contributed by atoms with E-state index in [-0.39, 0.29) is 11.1 Å². The molecule has 1 unspecified atom stereocenters. The average Bonchev–Trinajstić information content (AvgIpc) is 2.68. The van der Waals surface area contributed by atoms with Crippen molar-refractivity contribution in [1.29, 1.82) is 0 Å². The van der Waals surface area contributed by atoms with Crippen molar-refractivity contribution in [2.45, 2.75) is 83.4 Å². The standard InChI is InChI=1S/C22H37NO2/c1-20(2)5-6-21(3,4)23(20)13-19(24)14-25-15-22-10-16-7-17(11-22)9-18(8-16)12-22/h5-6,16-19,24H,7-15H2,1-4H3. The predicted octanol–water partition coefficient (Wildman–Crippen LogP) is 4.01. The first-order valence-corrected chi connectivity index (χ1v) is 10.4. The van der Waals surface area contributed by atoms with E-state index < -0.39 is 6.10 Å². The van der Waals surface area contributed by atoms with Crippen LogP contribution in [0.4, 0.5) is 0 Å². The number of hydrogen-bond donors (Lipinski definition) is 1. The molecule has 5 rings (SSSR count). The van der Waals surface area contributed by atoms with E-state index >= 15 is 0 Å². The Bertz CT molecular complexity index is 483. The zero-order valence-electron chi connectivity index (χ0n) is 16.6. The number of β-amino-alcohol motifs (C(OH)–C–C–N with tert-alkyl or cyclic N) is 1. The molecule has 4 saturated carbocycles. The zero-order valence-corrected chi connectivity index (χ0v) is 16.6. The maximum atomic E-state index is 10.6. The highest BCUT2D eigenvalue weighted by atomic mass is 16.5. The zero-order chi connectivity index (χ0) is 17.9. The molecule has 0 spiro atoms. The summed E-state index contributed by atoms with van der Waals surface area (Å²) in [4.78, 5) is 2.39. The van der Waals surface area contributed by atoms with E-state index in [4.69, 9.17) is 4.74 Å². The van der Waals surface area contributed by atoms with Gasteiger partial charge in [-0.15, -0.1) is 0 Å². The molecule has 4 bridgehead atoms. The van der Waals surface area contributed by atoms with Crippen LogP contribution in [0.5, 0.6) is 0 Å². The van der Waals surface area contributed by atoms with Crippen LogP contribution >= 0.6 is 0 Å². The van der Waals surface area contributed by atoms with Crippen molar-refractivity contribution < 1.29 is 9.84 Å². The number of rotatable bonds is 6. The summed E-state index contributed by atoms with van der Waals surface area (Å²) in [5, 5.41) is 10.6. The lowest BCUT2D eigenvalue weighted by molar-refractivity contribution is -0.109. The number of hydrogen-bond acceptors (Lipinski definition) is 3. The molecule has 4 aliphatic carbocycles. The summed E-state index contributed by atoms with van der Waals surface area (Å²) in [5.74, 6) is 2.91. The van der Waals surface area contributed by atoms with Crippen LogP contribution in [0.3, 0.4) is 0 Å². The van der Waals surface area contributed by atoms with Crippen LogP contribution in [0.1, 0.15) is 66.2 Å². The van der Waals surface area contributed by atoms with Gasteiger partial charge >= 0.3 is 0 Å². The molecule has 0 aromatic carbocycles. The molecule has 0 radical (unpaired) electrons. The van der Waals surface area contributed by atoms with Gasteiger partial charge in [0.05, 0.1) is 19.3 Å². The molecule has 3 nitrogen and oxygen atoms in total. The Labute approximate surface area is 153 Å². The molecule has 4 fully saturated rings. The summed E-state index contributed by atoms with van der Waals surface area (Å²) in [5.41, 5.74) is 0.455. The summed E-state index contributed by atoms with van der Waals surface area (Å²) in [6.45, 7) is 10.9. The lowest BCUT2D eigenvalue weighted by atomic mass is 9.50. The first-order chi connectivity index (χ1) is 11.7. The van der Waals surface area contributed by atoms with Gasteiger partial charge in [-0.3, -0.25) is 4.90 Å². The third kappa shape index (κ3) is 3.44. The summed E-state index contributed by atoms with van der Waals surface area (Å²) in [6, 6.07) is 0. The van der Waals surface area contributed by atoms with Crippen molar-refractivity contribution in [2.24, 2.45) is 23.2 Å². The molecule has 3 heteroatoms. The molecule has 5 aliphatic rings. The summed E-state index contributed by atoms with van der Waals surface area (Å²) >= 11 is 0. The Morgan fingerprint density at radius 3 is 1.92 bits per heavy atom. The highest BCUT2D eigenvalue weighted by Crippen LogP contribution is 2.60. The molecule has 1 atom stereocenters. The second-order valence-electron chi connectivity index (χ2n) is 10.8. The summed E-state index contributed by atoms with van der Waals surface area (Å²) in [7, 11) is 0. The molecular weight excluding hydrogens is 310 g/mol. The fraction of sp³-hybridized carbons (Fsp3) is 0.909. The third-order valence-corrected chi connectivity index (χ3v) is 7.57. The Balaban J connectivity index is 1.28. The second kappa shape index (κ2) is 6.07. The van der Waals surface area contributed by atoms with Gasteiger partial charge in [0.1, 0.15) is 0 Å². The molecule has 0 aromatic heterocycles. The first kappa shape index (κ1) is 18.0. The van der Waals surface area contributed by atoms with E-state index in [1.54, 1.807) is 0 Å². The lowest BCUT2D eigenvalue weighted by Gasteiger charge is -2.56. The maximum absolute atomic E-state index is 10.6. The van der Waals surface area contributed by atoms with Crippen molar-refractivity contribution in [1.82, 2.24) is 4.90 Å². The van der Waals surface area contributed by atoms with E-state index in [1.165, 1.54) is 38.5 Å². The van der Waals surface area contributed by atoms with Crippen LogP contribution in [0.15, 0.2) is 12.2 Å². The topological polar surface area (TPSA) is 32.7 Å². The van der Waals surface area contributed by atoms with Gasteiger partial charge in [-0.25, -0.2) is 0 Å². The molecule has 142 valence electrons. The smallest absolute Gasteiger partial charge is 0.0900 e. The Kier molecular flexibility index (Phi) is 4.37. The second-order valence-corrected chi connectivity index (χ2v) is 10.8. The van der Waals surface area contributed by atoms with Gasteiger partial charge in [-0.05, 0) is 89.4 Å². The third-order valence-electron chi connectivity index (χ3n) is 7.57. The fourth-order valence-corrected chi connectivity index (χ4v) is 6.94. The number of aliphatic hydroxyl groups excluding tert-OH is 1. The Morgan fingerprint density at radius 2 is 1.44 bits per heavy atom. The van der Waals surface area contributed by atoms with Gasteiger partial charge < -0.3 is 9.84 Å². The molecule has 1 N–H and O–H groups in total. The normalized spacial score (nSPS) is 42.2. The van der Waals surface area contributed by atoms with Crippen LogP contribution in [0, 0.1) is 23.2 Å². The van der Waals surface area contributed by atoms with Crippen molar-refractivity contribution in [3.63, 3.8) is 0 Å². The van der Waals surface area contributed by atoms with Crippen molar-refractivity contribution in [3.05, 3.63) is 12.2 Å². The quantitative estimate of drug-likeness (QED) is 0.737. The number of ether oxygens (including phenoxy) is 1. The van der Waals surface area contributed by atoms with Gasteiger partial charge in [0.25, 0.3) is 0 Å². The first-order valence-electron chi connectivity index (χ1n) is 10.4. The van der Waals surface area contributed by atoms with Crippen LogP contribution in [-0.2, 0) is 4.74 Å². The van der Waals surface area contributed by atoms with Crippen LogP contribution in [0.2, 0.25) is 0 Å². The van der Waals surface area contributed by atoms with E-state index in [0.29, 0.717) is 18.6 Å². The Morgan fingerprint density at radius 1 is 0.960 bits per heavy atom. The van der Waals surface area contributed by atoms with E-state index in [9.17, 15) is 5.11 Å². The highest BCUT2D eigenvalue weighted by molar-refractivity contribution is 5.21. The minimum atomic E-state index is -0.410. The minimum absolute atomic E-state index is 0.00437. The SMILES string of the molecule is CC1(C)C=CC(C)(C)N1CC(O)COCC12CC3CC(CC(C3)C1)C2. The molecule has 0 saturated heterocycles. The molecule has 1 heterocycles. The lowest BCUT2D eigenvalue weighted by Crippen LogP contribution is -2.53. The van der Waals surface area contributed by atoms with Crippen molar-refractivity contribution >= 4 is 0 Å². The fourth-order valence-electron chi connectivity index (χ4n) is 6.94. The minimum Gasteiger partial charge on any atom is -0.389 e. The maximum Gasteiger partial charge on any atom is 0.0900 e. The molecule has 1 aliphatic heterocycles. The number of aliphatic hydroxyl groups is 1. The van der Waals surface area contributed by atoms with Gasteiger partial charge in [-0.1, -0.05) is 12.2 Å². The van der Waals surface area contributed by atoms with E-state index in [1.807, 2.05) is 0 Å². The van der Waals surface area contributed by atoms with Gasteiger partial charge in [0, 0.05) is 17.6 Å². The largest absolute Gasteiger partial charge is 0.389 e. The van der Waals surface area contributed by atoms with E-state index in [2.05, 4.69) is 44.7 Å². The van der Waals surface area contributed by atoms with Gasteiger partial charge in [0.2, 0.25) is 0 Å².